The molecule has 158 valence electrons. The molecule has 0 N–H and O–H groups in total. The Morgan fingerprint density at radius 2 is 1.93 bits per heavy atom. The van der Waals surface area contributed by atoms with Crippen LogP contribution >= 0.6 is 0 Å². The maximum absolute atomic E-state index is 14.0. The summed E-state index contributed by atoms with van der Waals surface area (Å²) in [6.45, 7) is 6.08. The molecular formula is C22H27FO6. The van der Waals surface area contributed by atoms with E-state index in [1.807, 2.05) is 13.8 Å². The molecule has 1 aromatic carbocycles. The third-order valence-electron chi connectivity index (χ3n) is 7.41. The molecule has 1 aliphatic carbocycles. The molecule has 8 atom stereocenters. The molecule has 1 spiro atoms. The molecule has 0 unspecified atom stereocenters. The van der Waals surface area contributed by atoms with Crippen LogP contribution in [-0.2, 0) is 24.0 Å². The van der Waals surface area contributed by atoms with Crippen LogP contribution in [0.2, 0.25) is 0 Å². The summed E-state index contributed by atoms with van der Waals surface area (Å²) in [7, 11) is 0. The first-order valence-corrected chi connectivity index (χ1v) is 10.5. The van der Waals surface area contributed by atoms with Gasteiger partial charge in [0.1, 0.15) is 5.82 Å². The van der Waals surface area contributed by atoms with Crippen molar-refractivity contribution in [3.05, 3.63) is 35.6 Å². The van der Waals surface area contributed by atoms with E-state index >= 15 is 0 Å². The van der Waals surface area contributed by atoms with Gasteiger partial charge in [-0.25, -0.2) is 19.0 Å². The van der Waals surface area contributed by atoms with Crippen LogP contribution in [0.4, 0.5) is 4.39 Å². The first-order valence-electron chi connectivity index (χ1n) is 10.5. The maximum Gasteiger partial charge on any atom is 0.343 e. The van der Waals surface area contributed by atoms with Crippen molar-refractivity contribution in [1.82, 2.24) is 0 Å². The number of rotatable bonds is 2. The second kappa shape index (κ2) is 6.74. The monoisotopic (exact) mass is 406 g/mol. The van der Waals surface area contributed by atoms with Crippen molar-refractivity contribution in [2.75, 3.05) is 0 Å². The van der Waals surface area contributed by atoms with E-state index in [0.717, 1.165) is 19.3 Å². The highest BCUT2D eigenvalue weighted by molar-refractivity contribution is 5.89. The van der Waals surface area contributed by atoms with Gasteiger partial charge in [0.2, 0.25) is 12.1 Å². The average Bonchev–Trinajstić information content (AvgIpc) is 2.92. The summed E-state index contributed by atoms with van der Waals surface area (Å²) in [5, 5.41) is 0. The van der Waals surface area contributed by atoms with Crippen molar-refractivity contribution in [2.45, 2.75) is 70.4 Å². The number of hydrogen-bond donors (Lipinski definition) is 0. The smallest absolute Gasteiger partial charge is 0.343 e. The molecule has 4 heterocycles. The van der Waals surface area contributed by atoms with Crippen LogP contribution in [0.1, 0.15) is 56.8 Å². The van der Waals surface area contributed by atoms with E-state index in [9.17, 15) is 9.18 Å². The van der Waals surface area contributed by atoms with Gasteiger partial charge < -0.3 is 14.2 Å². The van der Waals surface area contributed by atoms with Crippen LogP contribution in [-0.4, -0.2) is 29.9 Å². The predicted molar refractivity (Wildman–Crippen MR) is 98.6 cm³/mol. The summed E-state index contributed by atoms with van der Waals surface area (Å²) in [6.07, 6.45) is 2.06. The lowest BCUT2D eigenvalue weighted by Crippen LogP contribution is -2.70. The van der Waals surface area contributed by atoms with Crippen LogP contribution in [0.5, 0.6) is 0 Å². The molecule has 1 saturated carbocycles. The highest BCUT2D eigenvalue weighted by Crippen LogP contribution is 2.60. The Bertz CT molecular complexity index is 816. The molecule has 5 fully saturated rings. The highest BCUT2D eigenvalue weighted by atomic mass is 19.1. The second-order valence-corrected chi connectivity index (χ2v) is 9.16. The molecule has 1 aromatic rings. The van der Waals surface area contributed by atoms with Crippen molar-refractivity contribution < 1.29 is 33.2 Å². The molecule has 4 aliphatic heterocycles. The van der Waals surface area contributed by atoms with E-state index in [2.05, 4.69) is 6.92 Å². The summed E-state index contributed by atoms with van der Waals surface area (Å²) in [4.78, 5) is 24.5. The number of halogens is 1. The van der Waals surface area contributed by atoms with Gasteiger partial charge in [-0.2, -0.15) is 0 Å². The fraction of sp³-hybridized carbons (Fsp3) is 0.682. The van der Waals surface area contributed by atoms with Gasteiger partial charge in [0.05, 0.1) is 5.56 Å². The number of carbonyl (C=O) groups is 1. The van der Waals surface area contributed by atoms with Gasteiger partial charge in [-0.05, 0) is 50.2 Å². The maximum atomic E-state index is 14.0. The van der Waals surface area contributed by atoms with Crippen molar-refractivity contribution >= 4 is 5.97 Å². The van der Waals surface area contributed by atoms with Gasteiger partial charge in [-0.1, -0.05) is 26.0 Å². The number of esters is 1. The topological polar surface area (TPSA) is 63.2 Å². The van der Waals surface area contributed by atoms with Crippen LogP contribution in [0.25, 0.3) is 0 Å². The molecule has 4 saturated heterocycles. The minimum Gasteiger partial charge on any atom is -0.432 e. The lowest BCUT2D eigenvalue weighted by atomic mass is 9.58. The molecule has 0 radical (unpaired) electrons. The van der Waals surface area contributed by atoms with E-state index in [0.29, 0.717) is 12.3 Å². The van der Waals surface area contributed by atoms with E-state index in [1.54, 1.807) is 6.07 Å². The molecule has 29 heavy (non-hydrogen) atoms. The number of benzene rings is 1. The van der Waals surface area contributed by atoms with Crippen LogP contribution < -0.4 is 0 Å². The Hall–Kier alpha value is -1.54. The van der Waals surface area contributed by atoms with Gasteiger partial charge in [0.25, 0.3) is 0 Å². The number of hydrogen-bond acceptors (Lipinski definition) is 6. The summed E-state index contributed by atoms with van der Waals surface area (Å²) < 4.78 is 32.1. The zero-order chi connectivity index (χ0) is 20.4. The minimum atomic E-state index is -0.891. The molecular weight excluding hydrogens is 379 g/mol. The Morgan fingerprint density at radius 3 is 2.72 bits per heavy atom. The third-order valence-corrected chi connectivity index (χ3v) is 7.41. The van der Waals surface area contributed by atoms with E-state index in [1.165, 1.54) is 18.2 Å². The quantitative estimate of drug-likeness (QED) is 0.542. The first-order chi connectivity index (χ1) is 13.8. The average molecular weight is 406 g/mol. The molecule has 5 aliphatic rings. The summed E-state index contributed by atoms with van der Waals surface area (Å²) in [5.74, 6) is -1.65. The van der Waals surface area contributed by atoms with Crippen molar-refractivity contribution in [3.8, 4) is 0 Å². The number of fused-ring (bicyclic) bond motifs is 2. The van der Waals surface area contributed by atoms with Crippen LogP contribution in [0, 0.1) is 29.5 Å². The molecule has 6 rings (SSSR count). The first kappa shape index (κ1) is 19.4. The summed E-state index contributed by atoms with van der Waals surface area (Å²) >= 11 is 0. The molecule has 6 nitrogen and oxygen atoms in total. The molecule has 0 aromatic heterocycles. The SMILES string of the molecule is C[C@H]1[C@@H](OC(=O)c2ccccc2F)O[C@@H]2O[C@@]3(C)CC[C@@H]4[C@H](C)CC[C@H]1[C@@]24OO3. The molecule has 0 amide bonds. The lowest BCUT2D eigenvalue weighted by Gasteiger charge is -2.59. The van der Waals surface area contributed by atoms with Crippen molar-refractivity contribution in [3.63, 3.8) is 0 Å². The number of carbonyl (C=O) groups excluding carboxylic acids is 1. The predicted octanol–water partition coefficient (Wildman–Crippen LogP) is 4.19. The second-order valence-electron chi connectivity index (χ2n) is 9.16. The Labute approximate surface area is 169 Å². The van der Waals surface area contributed by atoms with E-state index < -0.39 is 35.8 Å². The van der Waals surface area contributed by atoms with Gasteiger partial charge >= 0.3 is 5.97 Å². The normalized spacial score (nSPS) is 45.9. The van der Waals surface area contributed by atoms with Gasteiger partial charge in [-0.15, -0.1) is 0 Å². The highest BCUT2D eigenvalue weighted by Gasteiger charge is 2.69. The lowest BCUT2D eigenvalue weighted by molar-refractivity contribution is -0.576. The standard InChI is InChI=1S/C22H27FO6/c1-12-8-9-16-13(2)19(25-18(24)14-6-4-5-7-17(14)23)26-20-22(16)15(12)10-11-21(3,27-20)28-29-22/h4-7,12-13,15-16,19-20H,8-11H2,1-3H3/t12-,13-,15-,16-,19+,20-,21-,22-/m1/s1. The van der Waals surface area contributed by atoms with Crippen LogP contribution in [0.3, 0.4) is 0 Å². The Balaban J connectivity index is 1.46. The van der Waals surface area contributed by atoms with Gasteiger partial charge in [0, 0.05) is 18.3 Å². The van der Waals surface area contributed by atoms with E-state index in [-0.39, 0.29) is 23.3 Å². The van der Waals surface area contributed by atoms with Gasteiger partial charge in [-0.3, -0.25) is 0 Å². The minimum absolute atomic E-state index is 0.0449. The van der Waals surface area contributed by atoms with Gasteiger partial charge in [0.15, 0.2) is 11.9 Å². The number of ether oxygens (including phenoxy) is 3. The Morgan fingerprint density at radius 1 is 1.14 bits per heavy atom. The Kier molecular flexibility index (Phi) is 4.51. The summed E-state index contributed by atoms with van der Waals surface area (Å²) in [5.41, 5.74) is -0.817. The molecule has 2 bridgehead atoms. The van der Waals surface area contributed by atoms with Crippen molar-refractivity contribution in [2.24, 2.45) is 23.7 Å². The zero-order valence-electron chi connectivity index (χ0n) is 16.9. The van der Waals surface area contributed by atoms with Crippen LogP contribution in [0.15, 0.2) is 24.3 Å². The summed E-state index contributed by atoms with van der Waals surface area (Å²) in [6, 6.07) is 5.79. The zero-order valence-corrected chi connectivity index (χ0v) is 16.9. The third kappa shape index (κ3) is 2.86. The van der Waals surface area contributed by atoms with Crippen molar-refractivity contribution in [1.29, 1.82) is 0 Å². The largest absolute Gasteiger partial charge is 0.432 e. The van der Waals surface area contributed by atoms with E-state index in [4.69, 9.17) is 24.0 Å². The molecule has 7 heteroatoms. The fourth-order valence-corrected chi connectivity index (χ4v) is 5.80. The fourth-order valence-electron chi connectivity index (χ4n) is 5.80.